The van der Waals surface area contributed by atoms with Crippen molar-refractivity contribution < 1.29 is 23.4 Å². The number of carbonyl (C=O) groups excluding carboxylic acids is 1. The molecule has 2 N–H and O–H groups in total. The maximum absolute atomic E-state index is 13.1. The standard InChI is InChI=1S/C20H19F2N3O3S/c1-29-20-23-7-8-25(20)14-4-2-3-13(9-14)19(27)24-11-15(26)12-28-16-5-6-17(21)18(22)10-16/h2-10,15,26H,11-12H2,1H3,(H,24,27). The van der Waals surface area contributed by atoms with Crippen LogP contribution in [0.4, 0.5) is 8.78 Å². The maximum atomic E-state index is 13.1. The summed E-state index contributed by atoms with van der Waals surface area (Å²) in [7, 11) is 0. The van der Waals surface area contributed by atoms with E-state index in [0.717, 1.165) is 23.0 Å². The van der Waals surface area contributed by atoms with E-state index in [2.05, 4.69) is 10.3 Å². The normalized spacial score (nSPS) is 11.9. The van der Waals surface area contributed by atoms with Crippen LogP contribution in [0.1, 0.15) is 10.4 Å². The zero-order chi connectivity index (χ0) is 20.8. The maximum Gasteiger partial charge on any atom is 0.251 e. The summed E-state index contributed by atoms with van der Waals surface area (Å²) < 4.78 is 33.1. The van der Waals surface area contributed by atoms with Crippen molar-refractivity contribution in [1.82, 2.24) is 14.9 Å². The third-order valence-electron chi connectivity index (χ3n) is 4.01. The minimum Gasteiger partial charge on any atom is -0.491 e. The molecule has 2 aromatic carbocycles. The third-order valence-corrected chi connectivity index (χ3v) is 4.67. The predicted molar refractivity (Wildman–Crippen MR) is 106 cm³/mol. The van der Waals surface area contributed by atoms with Gasteiger partial charge in [0.1, 0.15) is 18.5 Å². The van der Waals surface area contributed by atoms with E-state index in [9.17, 15) is 18.7 Å². The van der Waals surface area contributed by atoms with Crippen LogP contribution >= 0.6 is 11.8 Å². The molecule has 1 aromatic heterocycles. The Hall–Kier alpha value is -2.91. The zero-order valence-corrected chi connectivity index (χ0v) is 16.3. The third kappa shape index (κ3) is 5.33. The molecule has 3 rings (SSSR count). The van der Waals surface area contributed by atoms with Crippen molar-refractivity contribution in [2.24, 2.45) is 0 Å². The van der Waals surface area contributed by atoms with Crippen LogP contribution in [0.15, 0.2) is 60.0 Å². The van der Waals surface area contributed by atoms with E-state index in [-0.39, 0.29) is 24.8 Å². The van der Waals surface area contributed by atoms with E-state index in [1.165, 1.54) is 17.8 Å². The molecule has 152 valence electrons. The van der Waals surface area contributed by atoms with Crippen molar-refractivity contribution in [3.63, 3.8) is 0 Å². The number of imidazole rings is 1. The summed E-state index contributed by atoms with van der Waals surface area (Å²) in [6.45, 7) is -0.245. The zero-order valence-electron chi connectivity index (χ0n) is 15.5. The number of nitrogens with zero attached hydrogens (tertiary/aromatic N) is 2. The van der Waals surface area contributed by atoms with Gasteiger partial charge in [-0.3, -0.25) is 9.36 Å². The topological polar surface area (TPSA) is 76.4 Å². The molecule has 1 amide bonds. The highest BCUT2D eigenvalue weighted by Crippen LogP contribution is 2.19. The number of ether oxygens (including phenoxy) is 1. The highest BCUT2D eigenvalue weighted by atomic mass is 32.2. The number of benzene rings is 2. The van der Waals surface area contributed by atoms with Gasteiger partial charge in [0.05, 0.1) is 0 Å². The number of hydrogen-bond donors (Lipinski definition) is 2. The minimum absolute atomic E-state index is 0.0616. The Bertz CT molecular complexity index is 997. The molecule has 1 atom stereocenters. The van der Waals surface area contributed by atoms with Gasteiger partial charge in [-0.05, 0) is 36.6 Å². The Kier molecular flexibility index (Phi) is 6.84. The molecule has 6 nitrogen and oxygen atoms in total. The molecule has 0 saturated heterocycles. The first kappa shape index (κ1) is 20.8. The second-order valence-corrected chi connectivity index (χ2v) is 6.86. The molecule has 0 spiro atoms. The molecule has 0 aliphatic carbocycles. The molecule has 29 heavy (non-hydrogen) atoms. The molecular weight excluding hydrogens is 400 g/mol. The van der Waals surface area contributed by atoms with E-state index in [0.29, 0.717) is 5.56 Å². The molecule has 1 heterocycles. The second-order valence-electron chi connectivity index (χ2n) is 6.09. The van der Waals surface area contributed by atoms with Crippen molar-refractivity contribution in [2.45, 2.75) is 11.3 Å². The fourth-order valence-corrected chi connectivity index (χ4v) is 3.09. The Morgan fingerprint density at radius 1 is 1.28 bits per heavy atom. The number of amides is 1. The Balaban J connectivity index is 1.55. The number of aromatic nitrogens is 2. The lowest BCUT2D eigenvalue weighted by Gasteiger charge is -2.14. The molecule has 0 radical (unpaired) electrons. The van der Waals surface area contributed by atoms with E-state index in [1.54, 1.807) is 24.4 Å². The SMILES string of the molecule is CSc1nccn1-c1cccc(C(=O)NCC(O)COc2ccc(F)c(F)c2)c1. The number of carbonyl (C=O) groups is 1. The summed E-state index contributed by atoms with van der Waals surface area (Å²) in [6, 6.07) is 10.1. The van der Waals surface area contributed by atoms with Crippen LogP contribution in [0.5, 0.6) is 5.75 Å². The summed E-state index contributed by atoms with van der Waals surface area (Å²) in [5.41, 5.74) is 1.22. The van der Waals surface area contributed by atoms with Gasteiger partial charge in [-0.1, -0.05) is 17.8 Å². The average molecular weight is 419 g/mol. The van der Waals surface area contributed by atoms with E-state index >= 15 is 0 Å². The largest absolute Gasteiger partial charge is 0.491 e. The molecule has 0 aliphatic heterocycles. The monoisotopic (exact) mass is 419 g/mol. The number of nitrogens with one attached hydrogen (secondary N) is 1. The Morgan fingerprint density at radius 2 is 2.10 bits per heavy atom. The first-order valence-electron chi connectivity index (χ1n) is 8.70. The number of halogens is 2. The summed E-state index contributed by atoms with van der Waals surface area (Å²) in [5.74, 6) is -2.28. The quantitative estimate of drug-likeness (QED) is 0.549. The molecule has 3 aromatic rings. The number of aliphatic hydroxyl groups excluding tert-OH is 1. The number of thioether (sulfide) groups is 1. The minimum atomic E-state index is -1.03. The van der Waals surface area contributed by atoms with Gasteiger partial charge in [-0.15, -0.1) is 0 Å². The summed E-state index contributed by atoms with van der Waals surface area (Å²) in [4.78, 5) is 16.6. The molecule has 0 fully saturated rings. The van der Waals surface area contributed by atoms with E-state index in [1.807, 2.05) is 23.1 Å². The molecular formula is C20H19F2N3O3S. The summed E-state index contributed by atoms with van der Waals surface area (Å²) in [5, 5.41) is 13.4. The fraction of sp³-hybridized carbons (Fsp3) is 0.200. The van der Waals surface area contributed by atoms with Crippen molar-refractivity contribution in [2.75, 3.05) is 19.4 Å². The first-order valence-corrected chi connectivity index (χ1v) is 9.92. The van der Waals surface area contributed by atoms with Gasteiger partial charge in [-0.25, -0.2) is 13.8 Å². The Labute approximate surface area is 170 Å². The van der Waals surface area contributed by atoms with E-state index < -0.39 is 17.7 Å². The van der Waals surface area contributed by atoms with Crippen LogP contribution in [-0.2, 0) is 0 Å². The van der Waals surface area contributed by atoms with Crippen LogP contribution in [0.3, 0.4) is 0 Å². The highest BCUT2D eigenvalue weighted by Gasteiger charge is 2.12. The van der Waals surface area contributed by atoms with Crippen LogP contribution < -0.4 is 10.1 Å². The van der Waals surface area contributed by atoms with Gasteiger partial charge < -0.3 is 15.2 Å². The second kappa shape index (κ2) is 9.53. The number of rotatable bonds is 8. The van der Waals surface area contributed by atoms with Gasteiger partial charge in [0.15, 0.2) is 16.8 Å². The van der Waals surface area contributed by atoms with Crippen molar-refractivity contribution in [3.8, 4) is 11.4 Å². The first-order chi connectivity index (χ1) is 14.0. The van der Waals surface area contributed by atoms with Crippen molar-refractivity contribution in [1.29, 1.82) is 0 Å². The lowest BCUT2D eigenvalue weighted by Crippen LogP contribution is -2.35. The summed E-state index contributed by atoms with van der Waals surface area (Å²) in [6.07, 6.45) is 4.38. The van der Waals surface area contributed by atoms with Crippen LogP contribution in [0.2, 0.25) is 0 Å². The smallest absolute Gasteiger partial charge is 0.251 e. The molecule has 0 saturated carbocycles. The lowest BCUT2D eigenvalue weighted by atomic mass is 10.2. The molecule has 1 unspecified atom stereocenters. The van der Waals surface area contributed by atoms with Crippen LogP contribution in [-0.4, -0.2) is 46.1 Å². The Morgan fingerprint density at radius 3 is 2.86 bits per heavy atom. The molecule has 0 bridgehead atoms. The van der Waals surface area contributed by atoms with Gasteiger partial charge in [0, 0.05) is 36.3 Å². The van der Waals surface area contributed by atoms with E-state index in [4.69, 9.17) is 4.74 Å². The molecule has 9 heteroatoms. The molecule has 0 aliphatic rings. The number of aliphatic hydroxyl groups is 1. The van der Waals surface area contributed by atoms with Gasteiger partial charge >= 0.3 is 0 Å². The highest BCUT2D eigenvalue weighted by molar-refractivity contribution is 7.98. The van der Waals surface area contributed by atoms with Crippen LogP contribution in [0.25, 0.3) is 5.69 Å². The summed E-state index contributed by atoms with van der Waals surface area (Å²) >= 11 is 1.49. The van der Waals surface area contributed by atoms with Gasteiger partial charge in [-0.2, -0.15) is 0 Å². The van der Waals surface area contributed by atoms with Gasteiger partial charge in [0.2, 0.25) is 0 Å². The van der Waals surface area contributed by atoms with Gasteiger partial charge in [0.25, 0.3) is 5.91 Å². The fourth-order valence-electron chi connectivity index (χ4n) is 2.56. The van der Waals surface area contributed by atoms with Crippen molar-refractivity contribution >= 4 is 17.7 Å². The predicted octanol–water partition coefficient (Wildman–Crippen LogP) is 3.04. The average Bonchev–Trinajstić information content (AvgIpc) is 3.22. The van der Waals surface area contributed by atoms with Crippen LogP contribution in [0, 0.1) is 11.6 Å². The lowest BCUT2D eigenvalue weighted by molar-refractivity contribution is 0.0843. The van der Waals surface area contributed by atoms with Crippen molar-refractivity contribution in [3.05, 3.63) is 72.1 Å². The number of hydrogen-bond acceptors (Lipinski definition) is 5.